The van der Waals surface area contributed by atoms with E-state index in [-0.39, 0.29) is 32.7 Å². The summed E-state index contributed by atoms with van der Waals surface area (Å²) in [5, 5.41) is -4.02. The predicted octanol–water partition coefficient (Wildman–Crippen LogP) is -2.77. The van der Waals surface area contributed by atoms with Crippen molar-refractivity contribution in [1.29, 1.82) is 0 Å². The molecule has 0 saturated carbocycles. The fourth-order valence-electron chi connectivity index (χ4n) is 0. The maximum Gasteiger partial charge on any atom is 3.00 e. The zero-order chi connectivity index (χ0) is 18.2. The smallest absolute Gasteiger partial charge is 0.742 e. The van der Waals surface area contributed by atoms with Crippen LogP contribution in [0.2, 0.25) is 0 Å². The van der Waals surface area contributed by atoms with Gasteiger partial charge in [0.2, 0.25) is 15.3 Å². The summed E-state index contributed by atoms with van der Waals surface area (Å²) in [5.41, 5.74) is 0. The van der Waals surface area contributed by atoms with E-state index in [1.54, 1.807) is 0 Å². The third-order valence-electron chi connectivity index (χ3n) is 1.06. The Morgan fingerprint density at radius 3 is 0.591 bits per heavy atom. The van der Waals surface area contributed by atoms with Crippen molar-refractivity contribution in [2.24, 2.45) is 0 Å². The van der Waals surface area contributed by atoms with Crippen molar-refractivity contribution < 1.29 is 86.0 Å². The van der Waals surface area contributed by atoms with E-state index in [0.29, 0.717) is 20.8 Å². The Bertz CT molecular complexity index is 598. The number of hydrogen-bond donors (Lipinski definition) is 0. The van der Waals surface area contributed by atoms with Crippen molar-refractivity contribution in [3.05, 3.63) is 0 Å². The zero-order valence-corrected chi connectivity index (χ0v) is 16.5. The van der Waals surface area contributed by atoms with Crippen LogP contribution in [0.25, 0.3) is 0 Å². The van der Waals surface area contributed by atoms with Gasteiger partial charge in [0.05, 0.1) is 0 Å². The maximum atomic E-state index is 9.56. The molecule has 12 nitrogen and oxygen atoms in total. The van der Waals surface area contributed by atoms with E-state index in [0.717, 1.165) is 0 Å². The average Bonchev–Trinajstić information content (AvgIpc) is 2.14. The van der Waals surface area contributed by atoms with Crippen LogP contribution in [0.5, 0.6) is 0 Å². The van der Waals surface area contributed by atoms with E-state index < -0.39 is 45.7 Å². The Morgan fingerprint density at radius 2 is 0.591 bits per heavy atom. The molecule has 126 valence electrons. The molecule has 0 aromatic heterocycles. The minimum atomic E-state index is -4.63. The molecule has 0 bridgehead atoms. The molecule has 0 heterocycles. The molecular weight excluding hydrogens is 449 g/mol. The first-order valence-electron chi connectivity index (χ1n) is 4.22. The summed E-state index contributed by atoms with van der Waals surface area (Å²) in [6.45, 7) is 2.13. The molecule has 0 unspecified atom stereocenters. The van der Waals surface area contributed by atoms with Gasteiger partial charge in [-0.1, -0.05) is 0 Å². The fraction of sp³-hybridized carbons (Fsp3) is 0.500. The summed E-state index contributed by atoms with van der Waals surface area (Å²) in [6.07, 6.45) is 0. The van der Waals surface area contributed by atoms with E-state index in [4.69, 9.17) is 0 Å². The number of carbonyl (C=O) groups excluding carboxylic acids is 3. The molecule has 0 aliphatic heterocycles. The van der Waals surface area contributed by atoms with Crippen LogP contribution in [-0.4, -0.2) is 54.3 Å². The van der Waals surface area contributed by atoms with Gasteiger partial charge in [-0.2, -0.15) is 0 Å². The van der Waals surface area contributed by atoms with Gasteiger partial charge in [0.25, 0.3) is 0 Å². The van der Waals surface area contributed by atoms with Crippen LogP contribution in [0, 0.1) is 0 Å². The topological polar surface area (TPSA) is 223 Å². The van der Waals surface area contributed by atoms with Crippen LogP contribution in [0.4, 0.5) is 0 Å². The second-order valence-electron chi connectivity index (χ2n) is 2.84. The van der Waals surface area contributed by atoms with Crippen molar-refractivity contribution in [2.45, 2.75) is 20.8 Å². The molecule has 0 aliphatic rings. The van der Waals surface area contributed by atoms with Crippen LogP contribution in [0.1, 0.15) is 20.8 Å². The third kappa shape index (κ3) is 22.1. The largest absolute Gasteiger partial charge is 3.00 e. The molecule has 0 rings (SSSR count). The Morgan fingerprint density at radius 1 is 0.545 bits per heavy atom. The summed E-state index contributed by atoms with van der Waals surface area (Å²) in [6, 6.07) is 0. The fourth-order valence-corrected chi connectivity index (χ4v) is 0. The number of hydrogen-bond acceptors (Lipinski definition) is 12. The van der Waals surface area contributed by atoms with E-state index in [1.165, 1.54) is 0 Å². The SMILES string of the molecule is CC(=O)S(=O)(=O)[O-].CC(=O)S(=O)(=O)[O-].CC(=O)S(=O)(=O)[O-].[Y+3]. The molecule has 0 spiro atoms. The summed E-state index contributed by atoms with van der Waals surface area (Å²) in [5.74, 6) is 0. The van der Waals surface area contributed by atoms with Gasteiger partial charge >= 0.3 is 32.7 Å². The van der Waals surface area contributed by atoms with Gasteiger partial charge < -0.3 is 13.7 Å². The van der Waals surface area contributed by atoms with Gasteiger partial charge in [0.1, 0.15) is 0 Å². The molecule has 0 atom stereocenters. The molecule has 0 N–H and O–H groups in total. The predicted molar refractivity (Wildman–Crippen MR) is 61.1 cm³/mol. The molecule has 0 fully saturated rings. The van der Waals surface area contributed by atoms with Crippen LogP contribution in [0.15, 0.2) is 0 Å². The quantitative estimate of drug-likeness (QED) is 0.336. The van der Waals surface area contributed by atoms with E-state index in [1.807, 2.05) is 0 Å². The van der Waals surface area contributed by atoms with Crippen molar-refractivity contribution in [1.82, 2.24) is 0 Å². The summed E-state index contributed by atoms with van der Waals surface area (Å²) >= 11 is 0. The summed E-state index contributed by atoms with van der Waals surface area (Å²) < 4.78 is 84.8. The Hall–Kier alpha value is -0.156. The minimum Gasteiger partial charge on any atom is -0.742 e. The van der Waals surface area contributed by atoms with Gasteiger partial charge in [-0.15, -0.1) is 0 Å². The van der Waals surface area contributed by atoms with Crippen LogP contribution in [-0.2, 0) is 77.4 Å². The number of rotatable bonds is 0. The van der Waals surface area contributed by atoms with Gasteiger partial charge in [0.15, 0.2) is 30.4 Å². The molecule has 0 aromatic rings. The van der Waals surface area contributed by atoms with Gasteiger partial charge in [-0.25, -0.2) is 25.3 Å². The Balaban J connectivity index is -0.000000108. The van der Waals surface area contributed by atoms with E-state index in [9.17, 15) is 53.3 Å². The molecular formula is C6H9O12S3Y. The van der Waals surface area contributed by atoms with Gasteiger partial charge in [-0.05, 0) is 0 Å². The first kappa shape index (κ1) is 29.8. The Labute approximate surface area is 151 Å². The molecule has 0 aliphatic carbocycles. The number of carbonyl (C=O) groups is 3. The first-order valence-corrected chi connectivity index (χ1v) is 8.45. The van der Waals surface area contributed by atoms with Crippen molar-refractivity contribution >= 4 is 45.7 Å². The molecule has 0 saturated heterocycles. The van der Waals surface area contributed by atoms with Crippen LogP contribution < -0.4 is 0 Å². The van der Waals surface area contributed by atoms with Gasteiger partial charge in [-0.3, -0.25) is 14.4 Å². The monoisotopic (exact) mass is 458 g/mol. The van der Waals surface area contributed by atoms with E-state index >= 15 is 0 Å². The first-order chi connectivity index (χ1) is 8.83. The third-order valence-corrected chi connectivity index (χ3v) is 3.17. The second kappa shape index (κ2) is 11.4. The van der Waals surface area contributed by atoms with Gasteiger partial charge in [0, 0.05) is 20.8 Å². The zero-order valence-electron chi connectivity index (χ0n) is 11.2. The van der Waals surface area contributed by atoms with E-state index in [2.05, 4.69) is 0 Å². The standard InChI is InChI=1S/3C2H4O4S.Y/c3*1-2(3)7(4,5)6;/h3*1H3,(H,4,5,6);/q;;;+3/p-3. The summed E-state index contributed by atoms with van der Waals surface area (Å²) in [4.78, 5) is 28.7. The van der Waals surface area contributed by atoms with Crippen LogP contribution >= 0.6 is 0 Å². The molecule has 16 heteroatoms. The maximum absolute atomic E-state index is 9.56. The molecule has 0 aromatic carbocycles. The summed E-state index contributed by atoms with van der Waals surface area (Å²) in [7, 11) is -13.9. The molecule has 22 heavy (non-hydrogen) atoms. The second-order valence-corrected chi connectivity index (χ2v) is 7.29. The van der Waals surface area contributed by atoms with Crippen LogP contribution in [0.3, 0.4) is 0 Å². The van der Waals surface area contributed by atoms with Crippen molar-refractivity contribution in [2.75, 3.05) is 0 Å². The van der Waals surface area contributed by atoms with Crippen molar-refractivity contribution in [3.63, 3.8) is 0 Å². The normalized spacial score (nSPS) is 10.6. The minimum absolute atomic E-state index is 0. The molecule has 0 amide bonds. The van der Waals surface area contributed by atoms with Crippen molar-refractivity contribution in [3.8, 4) is 0 Å². The average molecular weight is 458 g/mol. The Kier molecular flexibility index (Phi) is 15.4. The molecule has 0 radical (unpaired) electrons.